The van der Waals surface area contributed by atoms with E-state index in [-0.39, 0.29) is 10.9 Å². The number of ether oxygens (including phenoxy) is 3. The van der Waals surface area contributed by atoms with Crippen LogP contribution in [0, 0.1) is 0 Å². The molecular weight excluding hydrogens is 482 g/mol. The van der Waals surface area contributed by atoms with Gasteiger partial charge in [-0.15, -0.1) is 0 Å². The number of carbonyl (C=O) groups is 1. The molecule has 1 amide bonds. The van der Waals surface area contributed by atoms with E-state index in [0.717, 1.165) is 24.8 Å². The number of piperidine rings is 1. The number of benzene rings is 2. The largest absolute Gasteiger partial charge is 0.493 e. The number of anilines is 1. The van der Waals surface area contributed by atoms with Crippen molar-refractivity contribution in [3.63, 3.8) is 0 Å². The number of hydrogen-bond donors (Lipinski definition) is 1. The number of methoxy groups -OCH3 is 3. The minimum atomic E-state index is -3.74. The first kappa shape index (κ1) is 25.5. The number of rotatable bonds is 8. The molecule has 1 fully saturated rings. The van der Waals surface area contributed by atoms with E-state index in [0.29, 0.717) is 35.0 Å². The van der Waals surface area contributed by atoms with Gasteiger partial charge in [-0.05, 0) is 60.9 Å². The van der Waals surface area contributed by atoms with Crippen LogP contribution in [0.3, 0.4) is 0 Å². The minimum absolute atomic E-state index is 0.170. The van der Waals surface area contributed by atoms with Crippen molar-refractivity contribution in [2.75, 3.05) is 33.2 Å². The summed E-state index contributed by atoms with van der Waals surface area (Å²) in [5.74, 6) is 0.687. The first-order valence-corrected chi connectivity index (χ1v) is 13.0. The lowest BCUT2D eigenvalue weighted by molar-refractivity contribution is 0.102. The second-order valence-corrected chi connectivity index (χ2v) is 10.2. The Kier molecular flexibility index (Phi) is 7.76. The average Bonchev–Trinajstić information content (AvgIpc) is 2.92. The molecule has 0 saturated carbocycles. The molecule has 1 aliphatic heterocycles. The van der Waals surface area contributed by atoms with Crippen molar-refractivity contribution in [3.8, 4) is 17.2 Å². The van der Waals surface area contributed by atoms with Gasteiger partial charge in [0.15, 0.2) is 11.5 Å². The number of pyridine rings is 1. The van der Waals surface area contributed by atoms with Gasteiger partial charge in [0.25, 0.3) is 5.91 Å². The van der Waals surface area contributed by atoms with E-state index >= 15 is 0 Å². The summed E-state index contributed by atoms with van der Waals surface area (Å²) >= 11 is 0. The van der Waals surface area contributed by atoms with Crippen LogP contribution < -0.4 is 19.5 Å². The maximum Gasteiger partial charge on any atom is 0.255 e. The van der Waals surface area contributed by atoms with Crippen LogP contribution in [0.2, 0.25) is 0 Å². The summed E-state index contributed by atoms with van der Waals surface area (Å²) in [5, 5.41) is 2.78. The van der Waals surface area contributed by atoms with E-state index in [2.05, 4.69) is 10.3 Å². The van der Waals surface area contributed by atoms with Crippen LogP contribution in [0.15, 0.2) is 65.8 Å². The molecule has 1 atom stereocenters. The van der Waals surface area contributed by atoms with Crippen molar-refractivity contribution < 1.29 is 27.4 Å². The molecule has 0 aliphatic carbocycles. The summed E-state index contributed by atoms with van der Waals surface area (Å²) in [5.41, 5.74) is 1.64. The maximum absolute atomic E-state index is 13.5. The molecule has 1 aromatic heterocycles. The second kappa shape index (κ2) is 11.0. The summed E-state index contributed by atoms with van der Waals surface area (Å²) < 4.78 is 44.5. The number of amides is 1. The fraction of sp³-hybridized carbons (Fsp3) is 0.308. The Balaban J connectivity index is 1.54. The minimum Gasteiger partial charge on any atom is -0.493 e. The zero-order chi connectivity index (χ0) is 25.7. The number of nitrogens with one attached hydrogen (secondary N) is 1. The van der Waals surface area contributed by atoms with Gasteiger partial charge in [0.05, 0.1) is 32.3 Å². The van der Waals surface area contributed by atoms with Crippen molar-refractivity contribution >= 4 is 21.6 Å². The van der Waals surface area contributed by atoms with E-state index in [1.54, 1.807) is 41.0 Å². The van der Waals surface area contributed by atoms with E-state index < -0.39 is 15.9 Å². The molecule has 3 aromatic rings. The second-order valence-electron chi connectivity index (χ2n) is 8.31. The molecule has 190 valence electrons. The van der Waals surface area contributed by atoms with Gasteiger partial charge >= 0.3 is 0 Å². The van der Waals surface area contributed by atoms with Crippen LogP contribution in [0.4, 0.5) is 5.69 Å². The lowest BCUT2D eigenvalue weighted by atomic mass is 9.99. The van der Waals surface area contributed by atoms with Crippen molar-refractivity contribution in [1.82, 2.24) is 9.29 Å². The Morgan fingerprint density at radius 2 is 1.69 bits per heavy atom. The van der Waals surface area contributed by atoms with E-state index in [4.69, 9.17) is 14.2 Å². The maximum atomic E-state index is 13.5. The summed E-state index contributed by atoms with van der Waals surface area (Å²) in [6, 6.07) is 12.7. The average molecular weight is 512 g/mol. The van der Waals surface area contributed by atoms with Crippen LogP contribution >= 0.6 is 0 Å². The van der Waals surface area contributed by atoms with Crippen molar-refractivity contribution in [3.05, 3.63) is 72.1 Å². The third kappa shape index (κ3) is 5.14. The zero-order valence-corrected chi connectivity index (χ0v) is 21.2. The van der Waals surface area contributed by atoms with Crippen LogP contribution in [-0.4, -0.2) is 51.5 Å². The van der Waals surface area contributed by atoms with Crippen LogP contribution in [0.5, 0.6) is 17.2 Å². The highest BCUT2D eigenvalue weighted by Crippen LogP contribution is 2.38. The van der Waals surface area contributed by atoms with E-state index in [9.17, 15) is 13.2 Å². The van der Waals surface area contributed by atoms with Crippen molar-refractivity contribution in [1.29, 1.82) is 0 Å². The number of aromatic nitrogens is 1. The molecule has 0 unspecified atom stereocenters. The first-order valence-electron chi connectivity index (χ1n) is 11.5. The standard InChI is InChI=1S/C26H29N3O6S/c1-33-23-15-19(16-24(34-2)25(23)35-3)26(30)28-20-9-11-21(12-10-20)36(31,32)29-14-5-4-8-22(29)18-7-6-13-27-17-18/h6-7,9-13,15-17,22H,4-5,8,14H2,1-3H3,(H,28,30)/t22-/m1/s1. The summed E-state index contributed by atoms with van der Waals surface area (Å²) in [6.07, 6.45) is 5.90. The number of carbonyl (C=O) groups excluding carboxylic acids is 1. The monoisotopic (exact) mass is 511 g/mol. The lowest BCUT2D eigenvalue weighted by Crippen LogP contribution is -2.38. The summed E-state index contributed by atoms with van der Waals surface area (Å²) in [6.45, 7) is 0.446. The van der Waals surface area contributed by atoms with Gasteiger partial charge in [0.1, 0.15) is 0 Å². The molecule has 9 nitrogen and oxygen atoms in total. The number of hydrogen-bond acceptors (Lipinski definition) is 7. The van der Waals surface area contributed by atoms with Crippen LogP contribution in [-0.2, 0) is 10.0 Å². The molecule has 1 saturated heterocycles. The zero-order valence-electron chi connectivity index (χ0n) is 20.4. The highest BCUT2D eigenvalue weighted by molar-refractivity contribution is 7.89. The quantitative estimate of drug-likeness (QED) is 0.481. The van der Waals surface area contributed by atoms with Crippen LogP contribution in [0.25, 0.3) is 0 Å². The Hall–Kier alpha value is -3.63. The predicted molar refractivity (Wildman–Crippen MR) is 135 cm³/mol. The third-order valence-electron chi connectivity index (χ3n) is 6.17. The Bertz CT molecular complexity index is 1290. The molecule has 36 heavy (non-hydrogen) atoms. The molecule has 2 aromatic carbocycles. The predicted octanol–water partition coefficient (Wildman–Crippen LogP) is 4.28. The smallest absolute Gasteiger partial charge is 0.255 e. The lowest BCUT2D eigenvalue weighted by Gasteiger charge is -2.34. The summed E-state index contributed by atoms with van der Waals surface area (Å²) in [4.78, 5) is 17.2. The molecule has 4 rings (SSSR count). The van der Waals surface area contributed by atoms with Gasteiger partial charge in [0.2, 0.25) is 15.8 Å². The van der Waals surface area contributed by atoms with Crippen molar-refractivity contribution in [2.24, 2.45) is 0 Å². The van der Waals surface area contributed by atoms with Gasteiger partial charge in [-0.2, -0.15) is 4.31 Å². The fourth-order valence-corrected chi connectivity index (χ4v) is 6.04. The third-order valence-corrected chi connectivity index (χ3v) is 8.09. The first-order chi connectivity index (χ1) is 17.4. The topological polar surface area (TPSA) is 107 Å². The molecule has 0 radical (unpaired) electrons. The normalized spacial score (nSPS) is 16.2. The SMILES string of the molecule is COc1cc(C(=O)Nc2ccc(S(=O)(=O)N3CCCC[C@@H]3c3cccnc3)cc2)cc(OC)c1OC. The van der Waals surface area contributed by atoms with Gasteiger partial charge < -0.3 is 19.5 Å². The van der Waals surface area contributed by atoms with E-state index in [1.165, 1.54) is 33.5 Å². The molecule has 0 spiro atoms. The molecule has 1 N–H and O–H groups in total. The van der Waals surface area contributed by atoms with Gasteiger partial charge in [-0.1, -0.05) is 12.5 Å². The number of sulfonamides is 1. The van der Waals surface area contributed by atoms with E-state index in [1.807, 2.05) is 12.1 Å². The number of nitrogens with zero attached hydrogens (tertiary/aromatic N) is 2. The molecule has 2 heterocycles. The fourth-order valence-electron chi connectivity index (χ4n) is 4.36. The molecule has 10 heteroatoms. The van der Waals surface area contributed by atoms with Gasteiger partial charge in [-0.3, -0.25) is 9.78 Å². The Labute approximate surface area is 211 Å². The summed E-state index contributed by atoms with van der Waals surface area (Å²) in [7, 11) is 0.691. The van der Waals surface area contributed by atoms with Crippen molar-refractivity contribution in [2.45, 2.75) is 30.2 Å². The Morgan fingerprint density at radius 3 is 2.28 bits per heavy atom. The molecular formula is C26H29N3O6S. The van der Waals surface area contributed by atoms with Gasteiger partial charge in [0, 0.05) is 30.2 Å². The Morgan fingerprint density at radius 1 is 1.00 bits per heavy atom. The van der Waals surface area contributed by atoms with Gasteiger partial charge in [-0.25, -0.2) is 8.42 Å². The molecule has 1 aliphatic rings. The van der Waals surface area contributed by atoms with Crippen LogP contribution in [0.1, 0.15) is 41.2 Å². The highest BCUT2D eigenvalue weighted by Gasteiger charge is 2.34. The molecule has 0 bridgehead atoms. The highest BCUT2D eigenvalue weighted by atomic mass is 32.2.